The van der Waals surface area contributed by atoms with Gasteiger partial charge >= 0.3 is 0 Å². The molecule has 1 aliphatic carbocycles. The van der Waals surface area contributed by atoms with Crippen LogP contribution in [0.5, 0.6) is 0 Å². The van der Waals surface area contributed by atoms with Gasteiger partial charge in [-0.1, -0.05) is 25.1 Å². The zero-order chi connectivity index (χ0) is 12.8. The van der Waals surface area contributed by atoms with E-state index in [0.717, 1.165) is 24.8 Å². The molecular formula is C14H18FN3. The summed E-state index contributed by atoms with van der Waals surface area (Å²) in [5.41, 5.74) is 6.36. The molecule has 1 heterocycles. The van der Waals surface area contributed by atoms with E-state index in [1.165, 1.54) is 6.07 Å². The van der Waals surface area contributed by atoms with E-state index in [1.807, 2.05) is 12.1 Å². The molecule has 1 fully saturated rings. The molecule has 1 aromatic carbocycles. The van der Waals surface area contributed by atoms with Crippen molar-refractivity contribution < 1.29 is 4.39 Å². The van der Waals surface area contributed by atoms with Gasteiger partial charge in [0.05, 0.1) is 12.1 Å². The van der Waals surface area contributed by atoms with E-state index in [2.05, 4.69) is 16.8 Å². The lowest BCUT2D eigenvalue weighted by molar-refractivity contribution is 0.180. The summed E-state index contributed by atoms with van der Waals surface area (Å²) in [6, 6.07) is 7.43. The summed E-state index contributed by atoms with van der Waals surface area (Å²) in [5.74, 6) is 0.414. The minimum absolute atomic E-state index is 0.157. The predicted octanol–water partition coefficient (Wildman–Crippen LogP) is 2.22. The van der Waals surface area contributed by atoms with Gasteiger partial charge in [-0.25, -0.2) is 4.39 Å². The minimum atomic E-state index is -0.378. The Hall–Kier alpha value is -1.58. The number of aliphatic imine (C=N–C) groups is 1. The van der Waals surface area contributed by atoms with E-state index in [0.29, 0.717) is 18.5 Å². The molecule has 1 unspecified atom stereocenters. The van der Waals surface area contributed by atoms with Crippen LogP contribution in [0.2, 0.25) is 0 Å². The Balaban J connectivity index is 2.08. The highest BCUT2D eigenvalue weighted by atomic mass is 19.1. The first-order valence-electron chi connectivity index (χ1n) is 6.53. The number of hydrogen-bond acceptors (Lipinski definition) is 3. The molecule has 1 aromatic rings. The number of rotatable bonds is 3. The molecule has 0 amide bonds. The monoisotopic (exact) mass is 247 g/mol. The highest BCUT2D eigenvalue weighted by Crippen LogP contribution is 2.44. The fraction of sp³-hybridized carbons (Fsp3) is 0.500. The predicted molar refractivity (Wildman–Crippen MR) is 69.7 cm³/mol. The van der Waals surface area contributed by atoms with Crippen LogP contribution in [0.1, 0.15) is 31.7 Å². The minimum Gasteiger partial charge on any atom is -0.370 e. The van der Waals surface area contributed by atoms with Gasteiger partial charge in [0.2, 0.25) is 0 Å². The summed E-state index contributed by atoms with van der Waals surface area (Å²) in [7, 11) is 0. The van der Waals surface area contributed by atoms with Crippen molar-refractivity contribution in [2.24, 2.45) is 10.7 Å². The molecule has 1 atom stereocenters. The number of benzene rings is 1. The standard InChI is InChI=1S/C14H18FN3/c1-2-14(11-5-3-4-6-12(11)15)9-17-13(16)18(14)10-7-8-10/h3-6,10H,2,7-9H2,1H3,(H2,16,17). The van der Waals surface area contributed by atoms with Crippen molar-refractivity contribution in [2.75, 3.05) is 6.54 Å². The maximum atomic E-state index is 14.1. The van der Waals surface area contributed by atoms with Gasteiger partial charge in [0.1, 0.15) is 5.82 Å². The molecule has 2 aliphatic rings. The third kappa shape index (κ3) is 1.51. The van der Waals surface area contributed by atoms with Crippen molar-refractivity contribution in [3.05, 3.63) is 35.6 Å². The quantitative estimate of drug-likeness (QED) is 0.890. The molecule has 1 saturated carbocycles. The second-order valence-corrected chi connectivity index (χ2v) is 5.14. The van der Waals surface area contributed by atoms with Crippen LogP contribution in [-0.4, -0.2) is 23.4 Å². The lowest BCUT2D eigenvalue weighted by Gasteiger charge is -2.39. The summed E-state index contributed by atoms with van der Waals surface area (Å²) in [6.07, 6.45) is 3.08. The van der Waals surface area contributed by atoms with Crippen molar-refractivity contribution in [2.45, 2.75) is 37.8 Å². The Morgan fingerprint density at radius 3 is 2.78 bits per heavy atom. The molecule has 18 heavy (non-hydrogen) atoms. The van der Waals surface area contributed by atoms with Crippen molar-refractivity contribution in [1.29, 1.82) is 0 Å². The van der Waals surface area contributed by atoms with E-state index in [-0.39, 0.29) is 11.4 Å². The molecule has 0 radical (unpaired) electrons. The molecule has 3 nitrogen and oxygen atoms in total. The van der Waals surface area contributed by atoms with E-state index in [1.54, 1.807) is 6.07 Å². The number of nitrogens with zero attached hydrogens (tertiary/aromatic N) is 2. The fourth-order valence-corrected chi connectivity index (χ4v) is 2.98. The zero-order valence-corrected chi connectivity index (χ0v) is 10.6. The molecule has 0 aromatic heterocycles. The van der Waals surface area contributed by atoms with Gasteiger partial charge in [-0.2, -0.15) is 0 Å². The van der Waals surface area contributed by atoms with Gasteiger partial charge in [-0.3, -0.25) is 4.99 Å². The maximum Gasteiger partial charge on any atom is 0.192 e. The van der Waals surface area contributed by atoms with Crippen molar-refractivity contribution in [3.8, 4) is 0 Å². The van der Waals surface area contributed by atoms with E-state index >= 15 is 0 Å². The number of hydrogen-bond donors (Lipinski definition) is 1. The summed E-state index contributed by atoms with van der Waals surface area (Å²) >= 11 is 0. The number of guanidine groups is 1. The largest absolute Gasteiger partial charge is 0.370 e. The Morgan fingerprint density at radius 2 is 2.17 bits per heavy atom. The summed E-state index contributed by atoms with van der Waals surface area (Å²) in [4.78, 5) is 6.52. The van der Waals surface area contributed by atoms with Gasteiger partial charge in [0, 0.05) is 11.6 Å². The first-order valence-corrected chi connectivity index (χ1v) is 6.53. The summed E-state index contributed by atoms with van der Waals surface area (Å²) in [6.45, 7) is 2.64. The summed E-state index contributed by atoms with van der Waals surface area (Å²) < 4.78 is 14.1. The number of halogens is 1. The lowest BCUT2D eigenvalue weighted by atomic mass is 9.85. The van der Waals surface area contributed by atoms with Crippen LogP contribution < -0.4 is 5.73 Å². The Kier molecular flexibility index (Phi) is 2.54. The van der Waals surface area contributed by atoms with Crippen LogP contribution in [-0.2, 0) is 5.54 Å². The van der Waals surface area contributed by atoms with E-state index < -0.39 is 0 Å². The topological polar surface area (TPSA) is 41.6 Å². The SMILES string of the molecule is CCC1(c2ccccc2F)CN=C(N)N1C1CC1. The first-order chi connectivity index (χ1) is 8.69. The maximum absolute atomic E-state index is 14.1. The third-order valence-corrected chi connectivity index (χ3v) is 4.08. The number of nitrogens with two attached hydrogens (primary N) is 1. The fourth-order valence-electron chi connectivity index (χ4n) is 2.98. The summed E-state index contributed by atoms with van der Waals surface area (Å²) in [5, 5.41) is 0. The Labute approximate surface area is 106 Å². The second-order valence-electron chi connectivity index (χ2n) is 5.14. The molecule has 96 valence electrons. The van der Waals surface area contributed by atoms with Crippen LogP contribution in [0.15, 0.2) is 29.3 Å². The zero-order valence-electron chi connectivity index (χ0n) is 10.6. The normalized spacial score (nSPS) is 27.4. The highest BCUT2D eigenvalue weighted by Gasteiger charge is 2.49. The molecule has 3 rings (SSSR count). The van der Waals surface area contributed by atoms with Crippen LogP contribution in [0.4, 0.5) is 4.39 Å². The van der Waals surface area contributed by atoms with Crippen molar-refractivity contribution >= 4 is 5.96 Å². The lowest BCUT2D eigenvalue weighted by Crippen LogP contribution is -2.50. The van der Waals surface area contributed by atoms with Gasteiger partial charge in [-0.15, -0.1) is 0 Å². The van der Waals surface area contributed by atoms with Crippen LogP contribution in [0.3, 0.4) is 0 Å². The van der Waals surface area contributed by atoms with Gasteiger partial charge in [0.15, 0.2) is 5.96 Å². The molecule has 2 N–H and O–H groups in total. The average Bonchev–Trinajstić information content (AvgIpc) is 3.15. The molecular weight excluding hydrogens is 229 g/mol. The molecule has 4 heteroatoms. The van der Waals surface area contributed by atoms with Crippen molar-refractivity contribution in [3.63, 3.8) is 0 Å². The van der Waals surface area contributed by atoms with Crippen LogP contribution >= 0.6 is 0 Å². The molecule has 0 spiro atoms. The molecule has 0 saturated heterocycles. The molecule has 0 bridgehead atoms. The van der Waals surface area contributed by atoms with Gasteiger partial charge in [-0.05, 0) is 25.3 Å². The molecule has 1 aliphatic heterocycles. The van der Waals surface area contributed by atoms with E-state index in [9.17, 15) is 4.39 Å². The highest BCUT2D eigenvalue weighted by molar-refractivity contribution is 5.82. The van der Waals surface area contributed by atoms with Gasteiger partial charge in [0.25, 0.3) is 0 Å². The average molecular weight is 247 g/mol. The Bertz CT molecular complexity index is 496. The smallest absolute Gasteiger partial charge is 0.192 e. The van der Waals surface area contributed by atoms with E-state index in [4.69, 9.17) is 5.73 Å². The van der Waals surface area contributed by atoms with Crippen LogP contribution in [0.25, 0.3) is 0 Å². The third-order valence-electron chi connectivity index (χ3n) is 4.08. The first kappa shape index (κ1) is 11.5. The second kappa shape index (κ2) is 3.97. The van der Waals surface area contributed by atoms with Crippen LogP contribution in [0, 0.1) is 5.82 Å². The van der Waals surface area contributed by atoms with Gasteiger partial charge < -0.3 is 10.6 Å². The van der Waals surface area contributed by atoms with Crippen molar-refractivity contribution in [1.82, 2.24) is 4.90 Å². The Morgan fingerprint density at radius 1 is 1.44 bits per heavy atom.